The fraction of sp³-hybridized carbons (Fsp3) is 0.208. The lowest BCUT2D eigenvalue weighted by molar-refractivity contribution is -0.146. The third-order valence-corrected chi connectivity index (χ3v) is 4.42. The molecule has 0 N–H and O–H groups in total. The largest absolute Gasteiger partial charge is 0.497 e. The number of carbonyl (C=O) groups excluding carboxylic acids is 2. The number of aromatic nitrogens is 2. The molecule has 0 aliphatic carbocycles. The first-order valence-corrected chi connectivity index (χ1v) is 9.92. The summed E-state index contributed by atoms with van der Waals surface area (Å²) in [6.45, 7) is 3.64. The van der Waals surface area contributed by atoms with Gasteiger partial charge in [-0.15, -0.1) is 0 Å². The van der Waals surface area contributed by atoms with Gasteiger partial charge in [-0.3, -0.25) is 0 Å². The van der Waals surface area contributed by atoms with Crippen LogP contribution in [-0.2, 0) is 19.1 Å². The highest BCUT2D eigenvalue weighted by atomic mass is 16.6. The summed E-state index contributed by atoms with van der Waals surface area (Å²) in [5.74, 6) is -0.773. The fourth-order valence-electron chi connectivity index (χ4n) is 2.95. The van der Waals surface area contributed by atoms with Gasteiger partial charge in [-0.25, -0.2) is 14.3 Å². The third-order valence-electron chi connectivity index (χ3n) is 4.42. The summed E-state index contributed by atoms with van der Waals surface area (Å²) in [6, 6.07) is 16.9. The Morgan fingerprint density at radius 3 is 2.10 bits per heavy atom. The van der Waals surface area contributed by atoms with Gasteiger partial charge in [-0.05, 0) is 56.3 Å². The Kier molecular flexibility index (Phi) is 7.22. The maximum Gasteiger partial charge on any atom is 0.345 e. The molecule has 0 amide bonds. The van der Waals surface area contributed by atoms with Crippen LogP contribution in [-0.4, -0.2) is 42.0 Å². The predicted octanol–water partition coefficient (Wildman–Crippen LogP) is 4.06. The number of hydrogen-bond acceptors (Lipinski definition) is 6. The molecule has 7 nitrogen and oxygen atoms in total. The van der Waals surface area contributed by atoms with E-state index >= 15 is 0 Å². The van der Waals surface area contributed by atoms with Crippen molar-refractivity contribution in [1.82, 2.24) is 9.78 Å². The molecule has 160 valence electrons. The van der Waals surface area contributed by atoms with Crippen LogP contribution in [0, 0.1) is 0 Å². The summed E-state index contributed by atoms with van der Waals surface area (Å²) in [5, 5.41) is 4.70. The Hall–Kier alpha value is -3.87. The number of rotatable bonds is 8. The molecule has 0 aliphatic rings. The molecule has 3 aromatic rings. The molecule has 0 atom stereocenters. The second-order valence-corrected chi connectivity index (χ2v) is 6.44. The number of para-hydroxylation sites is 1. The molecular weight excluding hydrogens is 396 g/mol. The molecule has 0 aliphatic heterocycles. The Morgan fingerprint density at radius 2 is 1.55 bits per heavy atom. The van der Waals surface area contributed by atoms with Crippen molar-refractivity contribution in [3.8, 4) is 22.7 Å². The second kappa shape index (κ2) is 10.2. The quantitative estimate of drug-likeness (QED) is 0.237. The highest BCUT2D eigenvalue weighted by molar-refractivity contribution is 6.18. The topological polar surface area (TPSA) is 79.7 Å². The molecule has 0 radical (unpaired) electrons. The van der Waals surface area contributed by atoms with E-state index in [1.54, 1.807) is 31.8 Å². The molecule has 1 heterocycles. The van der Waals surface area contributed by atoms with Gasteiger partial charge in [0.1, 0.15) is 11.3 Å². The van der Waals surface area contributed by atoms with Crippen LogP contribution in [0.15, 0.2) is 66.4 Å². The van der Waals surface area contributed by atoms with Crippen molar-refractivity contribution in [2.24, 2.45) is 0 Å². The molecule has 0 saturated carbocycles. The first-order valence-electron chi connectivity index (χ1n) is 9.92. The van der Waals surface area contributed by atoms with E-state index in [2.05, 4.69) is 0 Å². The van der Waals surface area contributed by atoms with Crippen LogP contribution in [0.25, 0.3) is 23.0 Å². The average Bonchev–Trinajstić information content (AvgIpc) is 3.22. The van der Waals surface area contributed by atoms with Crippen molar-refractivity contribution in [3.63, 3.8) is 0 Å². The van der Waals surface area contributed by atoms with E-state index < -0.39 is 11.9 Å². The van der Waals surface area contributed by atoms with Crippen LogP contribution >= 0.6 is 0 Å². The highest BCUT2D eigenvalue weighted by Gasteiger charge is 2.23. The van der Waals surface area contributed by atoms with Gasteiger partial charge in [0.2, 0.25) is 0 Å². The van der Waals surface area contributed by atoms with Crippen LogP contribution < -0.4 is 4.74 Å². The van der Waals surface area contributed by atoms with Crippen LogP contribution in [0.4, 0.5) is 0 Å². The Bertz CT molecular complexity index is 1050. The standard InChI is InChI=1S/C24H24N2O5/c1-4-30-23(27)21(24(28)31-5-2)15-18-16-26(19-9-7-6-8-10-19)25-22(18)17-11-13-20(29-3)14-12-17/h6-16H,4-5H2,1-3H3. The first-order chi connectivity index (χ1) is 15.1. The van der Waals surface area contributed by atoms with Crippen molar-refractivity contribution in [2.75, 3.05) is 20.3 Å². The number of hydrogen-bond donors (Lipinski definition) is 0. The second-order valence-electron chi connectivity index (χ2n) is 6.44. The zero-order valence-electron chi connectivity index (χ0n) is 17.7. The molecule has 3 rings (SSSR count). The number of nitrogens with zero attached hydrogens (tertiary/aromatic N) is 2. The van der Waals surface area contributed by atoms with E-state index in [-0.39, 0.29) is 18.8 Å². The van der Waals surface area contributed by atoms with Gasteiger partial charge in [-0.2, -0.15) is 5.10 Å². The number of benzene rings is 2. The third kappa shape index (κ3) is 5.19. The first kappa shape index (κ1) is 21.8. The van der Waals surface area contributed by atoms with E-state index in [1.807, 2.05) is 54.6 Å². The van der Waals surface area contributed by atoms with E-state index in [0.717, 1.165) is 11.3 Å². The van der Waals surface area contributed by atoms with Crippen molar-refractivity contribution in [2.45, 2.75) is 13.8 Å². The maximum atomic E-state index is 12.4. The van der Waals surface area contributed by atoms with Crippen molar-refractivity contribution < 1.29 is 23.8 Å². The molecule has 0 unspecified atom stereocenters. The SMILES string of the molecule is CCOC(=O)C(=Cc1cn(-c2ccccc2)nc1-c1ccc(OC)cc1)C(=O)OCC. The van der Waals surface area contributed by atoms with E-state index in [9.17, 15) is 9.59 Å². The zero-order valence-corrected chi connectivity index (χ0v) is 17.7. The molecule has 31 heavy (non-hydrogen) atoms. The predicted molar refractivity (Wildman–Crippen MR) is 117 cm³/mol. The van der Waals surface area contributed by atoms with Gasteiger partial charge >= 0.3 is 11.9 Å². The monoisotopic (exact) mass is 420 g/mol. The number of esters is 2. The van der Waals surface area contributed by atoms with Crippen molar-refractivity contribution >= 4 is 18.0 Å². The summed E-state index contributed by atoms with van der Waals surface area (Å²) in [4.78, 5) is 24.9. The molecule has 0 spiro atoms. The van der Waals surface area contributed by atoms with Gasteiger partial charge in [0.05, 0.1) is 31.7 Å². The maximum absolute atomic E-state index is 12.4. The van der Waals surface area contributed by atoms with Crippen LogP contribution in [0.3, 0.4) is 0 Å². The minimum absolute atomic E-state index is 0.143. The Labute approximate surface area is 180 Å². The average molecular weight is 420 g/mol. The summed E-state index contributed by atoms with van der Waals surface area (Å²) in [7, 11) is 1.60. The summed E-state index contributed by atoms with van der Waals surface area (Å²) in [5.41, 5.74) is 2.62. The van der Waals surface area contributed by atoms with Crippen molar-refractivity contribution in [3.05, 3.63) is 71.9 Å². The van der Waals surface area contributed by atoms with Gasteiger partial charge < -0.3 is 14.2 Å². The van der Waals surface area contributed by atoms with Crippen LogP contribution in [0.5, 0.6) is 5.75 Å². The molecule has 0 fully saturated rings. The number of carbonyl (C=O) groups is 2. The highest BCUT2D eigenvalue weighted by Crippen LogP contribution is 2.28. The Balaban J connectivity index is 2.15. The summed E-state index contributed by atoms with van der Waals surface area (Å²) in [6.07, 6.45) is 3.22. The van der Waals surface area contributed by atoms with E-state index in [1.165, 1.54) is 6.08 Å². The van der Waals surface area contributed by atoms with Gasteiger partial charge in [-0.1, -0.05) is 18.2 Å². The number of methoxy groups -OCH3 is 1. The summed E-state index contributed by atoms with van der Waals surface area (Å²) < 4.78 is 17.0. The number of ether oxygens (including phenoxy) is 3. The van der Waals surface area contributed by atoms with E-state index in [0.29, 0.717) is 17.0 Å². The van der Waals surface area contributed by atoms with Crippen molar-refractivity contribution in [1.29, 1.82) is 0 Å². The van der Waals surface area contributed by atoms with Gasteiger partial charge in [0.25, 0.3) is 0 Å². The molecule has 0 bridgehead atoms. The normalized spacial score (nSPS) is 10.3. The van der Waals surface area contributed by atoms with Crippen LogP contribution in [0.2, 0.25) is 0 Å². The molecule has 0 saturated heterocycles. The molecular formula is C24H24N2O5. The summed E-state index contributed by atoms with van der Waals surface area (Å²) >= 11 is 0. The minimum atomic E-state index is -0.742. The van der Waals surface area contributed by atoms with Gasteiger partial charge in [0.15, 0.2) is 0 Å². The lowest BCUT2D eigenvalue weighted by Crippen LogP contribution is -2.18. The Morgan fingerprint density at radius 1 is 0.935 bits per heavy atom. The fourth-order valence-corrected chi connectivity index (χ4v) is 2.95. The van der Waals surface area contributed by atoms with Crippen LogP contribution in [0.1, 0.15) is 19.4 Å². The lowest BCUT2D eigenvalue weighted by Gasteiger charge is -2.07. The van der Waals surface area contributed by atoms with Gasteiger partial charge in [0, 0.05) is 17.3 Å². The molecule has 2 aromatic carbocycles. The lowest BCUT2D eigenvalue weighted by atomic mass is 10.1. The minimum Gasteiger partial charge on any atom is -0.497 e. The smallest absolute Gasteiger partial charge is 0.345 e. The molecule has 1 aromatic heterocycles. The molecule has 7 heteroatoms. The zero-order chi connectivity index (χ0) is 22.2. The van der Waals surface area contributed by atoms with E-state index in [4.69, 9.17) is 19.3 Å².